The summed E-state index contributed by atoms with van der Waals surface area (Å²) in [5.74, 6) is 0.905. The molecule has 1 atom stereocenters. The number of nitrogens with zero attached hydrogens (tertiary/aromatic N) is 1. The van der Waals surface area contributed by atoms with Crippen LogP contribution >= 0.6 is 0 Å². The molecule has 2 heterocycles. The van der Waals surface area contributed by atoms with E-state index < -0.39 is 0 Å². The molecule has 1 fully saturated rings. The molecular formula is C16H19NO2. The van der Waals surface area contributed by atoms with Crippen LogP contribution in [0.1, 0.15) is 18.4 Å². The van der Waals surface area contributed by atoms with Crippen LogP contribution in [0.25, 0.3) is 11.3 Å². The zero-order chi connectivity index (χ0) is 13.1. The summed E-state index contributed by atoms with van der Waals surface area (Å²) in [7, 11) is 0. The van der Waals surface area contributed by atoms with E-state index >= 15 is 0 Å². The summed E-state index contributed by atoms with van der Waals surface area (Å²) in [6.07, 6.45) is 3.99. The van der Waals surface area contributed by atoms with E-state index in [1.807, 2.05) is 12.1 Å². The number of likely N-dealkylation sites (tertiary alicyclic amines) is 1. The Kier molecular flexibility index (Phi) is 3.67. The van der Waals surface area contributed by atoms with Gasteiger partial charge in [0.1, 0.15) is 5.76 Å². The minimum absolute atomic E-state index is 0.262. The molecule has 0 saturated carbocycles. The largest absolute Gasteiger partial charge is 0.464 e. The summed E-state index contributed by atoms with van der Waals surface area (Å²) < 4.78 is 5.43. The lowest BCUT2D eigenvalue weighted by molar-refractivity contribution is 0.153. The molecule has 0 spiro atoms. The van der Waals surface area contributed by atoms with Gasteiger partial charge >= 0.3 is 0 Å². The van der Waals surface area contributed by atoms with Gasteiger partial charge in [-0.25, -0.2) is 0 Å². The number of hydrogen-bond donors (Lipinski definition) is 1. The molecule has 100 valence electrons. The van der Waals surface area contributed by atoms with Crippen molar-refractivity contribution in [1.82, 2.24) is 4.90 Å². The van der Waals surface area contributed by atoms with Crippen molar-refractivity contribution in [3.05, 3.63) is 48.2 Å². The van der Waals surface area contributed by atoms with Crippen molar-refractivity contribution in [2.24, 2.45) is 0 Å². The highest BCUT2D eigenvalue weighted by atomic mass is 16.3. The van der Waals surface area contributed by atoms with Gasteiger partial charge in [0.25, 0.3) is 0 Å². The SMILES string of the molecule is OC[C@@H]1CCCN1Cc1cccc(-c2ccco2)c1. The molecule has 3 heteroatoms. The van der Waals surface area contributed by atoms with Gasteiger partial charge in [0.2, 0.25) is 0 Å². The third-order valence-corrected chi connectivity index (χ3v) is 3.83. The van der Waals surface area contributed by atoms with Crippen LogP contribution in [0.4, 0.5) is 0 Å². The number of aliphatic hydroxyl groups is 1. The molecule has 1 N–H and O–H groups in total. The van der Waals surface area contributed by atoms with Gasteiger partial charge in [-0.2, -0.15) is 0 Å². The van der Waals surface area contributed by atoms with Crippen LogP contribution in [0.3, 0.4) is 0 Å². The lowest BCUT2D eigenvalue weighted by atomic mass is 10.1. The van der Waals surface area contributed by atoms with Crippen molar-refractivity contribution in [2.75, 3.05) is 13.2 Å². The first-order chi connectivity index (χ1) is 9.36. The van der Waals surface area contributed by atoms with E-state index in [1.165, 1.54) is 12.0 Å². The predicted molar refractivity (Wildman–Crippen MR) is 74.7 cm³/mol. The summed E-state index contributed by atoms with van der Waals surface area (Å²) in [6.45, 7) is 2.24. The first kappa shape index (κ1) is 12.5. The van der Waals surface area contributed by atoms with E-state index in [4.69, 9.17) is 4.42 Å². The molecule has 2 aromatic rings. The number of furan rings is 1. The topological polar surface area (TPSA) is 36.6 Å². The lowest BCUT2D eigenvalue weighted by Gasteiger charge is -2.22. The molecule has 1 aliphatic heterocycles. The van der Waals surface area contributed by atoms with Crippen LogP contribution in [0.2, 0.25) is 0 Å². The Labute approximate surface area is 113 Å². The smallest absolute Gasteiger partial charge is 0.133 e. The Bertz CT molecular complexity index is 521. The second kappa shape index (κ2) is 5.59. The first-order valence-electron chi connectivity index (χ1n) is 6.84. The van der Waals surface area contributed by atoms with Gasteiger partial charge in [-0.1, -0.05) is 18.2 Å². The van der Waals surface area contributed by atoms with E-state index in [1.54, 1.807) is 6.26 Å². The third-order valence-electron chi connectivity index (χ3n) is 3.83. The highest BCUT2D eigenvalue weighted by Crippen LogP contribution is 2.24. The maximum absolute atomic E-state index is 9.36. The Balaban J connectivity index is 1.76. The summed E-state index contributed by atoms with van der Waals surface area (Å²) in [4.78, 5) is 2.36. The summed E-state index contributed by atoms with van der Waals surface area (Å²) in [5.41, 5.74) is 2.39. The average molecular weight is 257 g/mol. The maximum atomic E-state index is 9.36. The van der Waals surface area contributed by atoms with Crippen molar-refractivity contribution >= 4 is 0 Å². The Morgan fingerprint density at radius 3 is 3.00 bits per heavy atom. The minimum atomic E-state index is 0.262. The molecule has 1 saturated heterocycles. The molecule has 0 aliphatic carbocycles. The second-order valence-corrected chi connectivity index (χ2v) is 5.13. The van der Waals surface area contributed by atoms with Gasteiger partial charge in [-0.05, 0) is 43.1 Å². The van der Waals surface area contributed by atoms with E-state index in [-0.39, 0.29) is 6.61 Å². The molecular weight excluding hydrogens is 238 g/mol. The first-order valence-corrected chi connectivity index (χ1v) is 6.84. The molecule has 19 heavy (non-hydrogen) atoms. The number of rotatable bonds is 4. The average Bonchev–Trinajstić information content (AvgIpc) is 3.10. The van der Waals surface area contributed by atoms with E-state index in [9.17, 15) is 5.11 Å². The highest BCUT2D eigenvalue weighted by molar-refractivity contribution is 5.58. The van der Waals surface area contributed by atoms with E-state index in [2.05, 4.69) is 29.2 Å². The van der Waals surface area contributed by atoms with Crippen LogP contribution in [0.5, 0.6) is 0 Å². The molecule has 0 bridgehead atoms. The van der Waals surface area contributed by atoms with E-state index in [0.29, 0.717) is 6.04 Å². The van der Waals surface area contributed by atoms with Crippen LogP contribution in [0.15, 0.2) is 47.1 Å². The van der Waals surface area contributed by atoms with E-state index in [0.717, 1.165) is 30.8 Å². The fraction of sp³-hybridized carbons (Fsp3) is 0.375. The fourth-order valence-corrected chi connectivity index (χ4v) is 2.81. The molecule has 3 nitrogen and oxygen atoms in total. The van der Waals surface area contributed by atoms with Crippen LogP contribution < -0.4 is 0 Å². The molecule has 1 aromatic heterocycles. The van der Waals surface area contributed by atoms with Gasteiger partial charge < -0.3 is 9.52 Å². The minimum Gasteiger partial charge on any atom is -0.464 e. The normalized spacial score (nSPS) is 19.9. The third kappa shape index (κ3) is 2.72. The molecule has 0 unspecified atom stereocenters. The molecule has 0 amide bonds. The monoisotopic (exact) mass is 257 g/mol. The Morgan fingerprint density at radius 2 is 2.21 bits per heavy atom. The molecule has 1 aliphatic rings. The lowest BCUT2D eigenvalue weighted by Crippen LogP contribution is -2.31. The summed E-state index contributed by atoms with van der Waals surface area (Å²) in [5, 5.41) is 9.36. The second-order valence-electron chi connectivity index (χ2n) is 5.13. The van der Waals surface area contributed by atoms with Gasteiger partial charge in [0.05, 0.1) is 12.9 Å². The zero-order valence-corrected chi connectivity index (χ0v) is 11.0. The van der Waals surface area contributed by atoms with Gasteiger partial charge in [0.15, 0.2) is 0 Å². The Hall–Kier alpha value is -1.58. The fourth-order valence-electron chi connectivity index (χ4n) is 2.81. The molecule has 0 radical (unpaired) electrons. The predicted octanol–water partition coefficient (Wildman–Crippen LogP) is 2.90. The van der Waals surface area contributed by atoms with Crippen molar-refractivity contribution in [2.45, 2.75) is 25.4 Å². The van der Waals surface area contributed by atoms with Gasteiger partial charge in [-0.15, -0.1) is 0 Å². The number of hydrogen-bond acceptors (Lipinski definition) is 3. The van der Waals surface area contributed by atoms with Crippen molar-refractivity contribution < 1.29 is 9.52 Å². The van der Waals surface area contributed by atoms with Crippen molar-refractivity contribution in [1.29, 1.82) is 0 Å². The summed E-state index contributed by atoms with van der Waals surface area (Å²) in [6, 6.07) is 12.7. The highest BCUT2D eigenvalue weighted by Gasteiger charge is 2.23. The number of benzene rings is 1. The Morgan fingerprint density at radius 1 is 1.26 bits per heavy atom. The summed E-state index contributed by atoms with van der Waals surface area (Å²) >= 11 is 0. The van der Waals surface area contributed by atoms with Crippen molar-refractivity contribution in [3.63, 3.8) is 0 Å². The van der Waals surface area contributed by atoms with Crippen LogP contribution in [-0.4, -0.2) is 29.2 Å². The van der Waals surface area contributed by atoms with Crippen LogP contribution in [-0.2, 0) is 6.54 Å². The molecule has 1 aromatic carbocycles. The number of aliphatic hydroxyl groups excluding tert-OH is 1. The van der Waals surface area contributed by atoms with Crippen molar-refractivity contribution in [3.8, 4) is 11.3 Å². The standard InChI is InChI=1S/C16H19NO2/c18-12-15-6-2-8-17(15)11-13-4-1-5-14(10-13)16-7-3-9-19-16/h1,3-5,7,9-10,15,18H,2,6,8,11-12H2/t15-/m0/s1. The quantitative estimate of drug-likeness (QED) is 0.915. The zero-order valence-electron chi connectivity index (χ0n) is 11.0. The molecule has 3 rings (SSSR count). The van der Waals surface area contributed by atoms with Gasteiger partial charge in [-0.3, -0.25) is 4.90 Å². The maximum Gasteiger partial charge on any atom is 0.133 e. The van der Waals surface area contributed by atoms with Crippen LogP contribution in [0, 0.1) is 0 Å². The van der Waals surface area contributed by atoms with Gasteiger partial charge in [0, 0.05) is 18.2 Å².